The van der Waals surface area contributed by atoms with Crippen LogP contribution in [-0.4, -0.2) is 41.5 Å². The largest absolute Gasteiger partial charge is 0.392 e. The summed E-state index contributed by atoms with van der Waals surface area (Å²) in [5.41, 5.74) is 2.03. The fraction of sp³-hybridized carbons (Fsp3) is 0.300. The molecule has 1 aliphatic rings. The second-order valence-electron chi connectivity index (χ2n) is 6.26. The molecule has 1 atom stereocenters. The van der Waals surface area contributed by atoms with Gasteiger partial charge in [0.05, 0.1) is 6.61 Å². The number of benzene rings is 2. The van der Waals surface area contributed by atoms with E-state index in [0.29, 0.717) is 24.1 Å². The lowest BCUT2D eigenvalue weighted by molar-refractivity contribution is -0.124. The van der Waals surface area contributed by atoms with Crippen LogP contribution >= 0.6 is 0 Å². The van der Waals surface area contributed by atoms with Gasteiger partial charge in [0.2, 0.25) is 5.91 Å². The van der Waals surface area contributed by atoms with E-state index in [1.165, 1.54) is 4.90 Å². The van der Waals surface area contributed by atoms with Crippen molar-refractivity contribution in [1.29, 1.82) is 0 Å². The van der Waals surface area contributed by atoms with Crippen molar-refractivity contribution in [3.8, 4) is 0 Å². The highest BCUT2D eigenvalue weighted by atomic mass is 16.3. The number of nitrogens with zero attached hydrogens (tertiary/aromatic N) is 2. The number of piperidine rings is 1. The van der Waals surface area contributed by atoms with Crippen molar-refractivity contribution >= 4 is 17.5 Å². The number of hydrogen-bond donors (Lipinski definition) is 1. The molecule has 1 heterocycles. The van der Waals surface area contributed by atoms with Gasteiger partial charge in [-0.2, -0.15) is 0 Å². The molecule has 1 aliphatic heterocycles. The number of carbonyl (C=O) groups excluding carboxylic acids is 2. The first-order valence-corrected chi connectivity index (χ1v) is 8.45. The Balaban J connectivity index is 1.80. The van der Waals surface area contributed by atoms with E-state index in [0.717, 1.165) is 12.1 Å². The van der Waals surface area contributed by atoms with Crippen LogP contribution in [0.3, 0.4) is 0 Å². The van der Waals surface area contributed by atoms with E-state index in [2.05, 4.69) is 0 Å². The highest BCUT2D eigenvalue weighted by Crippen LogP contribution is 2.24. The van der Waals surface area contributed by atoms with Gasteiger partial charge < -0.3 is 14.9 Å². The number of anilines is 1. The van der Waals surface area contributed by atoms with Gasteiger partial charge in [0.25, 0.3) is 5.91 Å². The minimum Gasteiger partial charge on any atom is -0.392 e. The van der Waals surface area contributed by atoms with Crippen molar-refractivity contribution in [1.82, 2.24) is 4.90 Å². The Morgan fingerprint density at radius 3 is 2.68 bits per heavy atom. The first-order chi connectivity index (χ1) is 12.1. The molecule has 0 radical (unpaired) electrons. The maximum atomic E-state index is 12.9. The molecule has 0 spiro atoms. The molecule has 0 aliphatic carbocycles. The zero-order valence-corrected chi connectivity index (χ0v) is 14.3. The molecule has 0 saturated carbocycles. The number of rotatable bonds is 4. The number of para-hydroxylation sites is 1. The van der Waals surface area contributed by atoms with Crippen LogP contribution in [-0.2, 0) is 11.4 Å². The van der Waals surface area contributed by atoms with Gasteiger partial charge in [0.15, 0.2) is 0 Å². The molecule has 3 rings (SSSR count). The molecule has 25 heavy (non-hydrogen) atoms. The third-order valence-electron chi connectivity index (χ3n) is 4.62. The Bertz CT molecular complexity index is 761. The average Bonchev–Trinajstić information content (AvgIpc) is 2.67. The molecular weight excluding hydrogens is 316 g/mol. The number of aliphatic hydroxyl groups excluding tert-OH is 1. The Labute approximate surface area is 147 Å². The van der Waals surface area contributed by atoms with Crippen LogP contribution in [0.25, 0.3) is 0 Å². The minimum atomic E-state index is -0.473. The van der Waals surface area contributed by atoms with Crippen molar-refractivity contribution in [2.45, 2.75) is 25.5 Å². The summed E-state index contributed by atoms with van der Waals surface area (Å²) < 4.78 is 0. The fourth-order valence-electron chi connectivity index (χ4n) is 3.23. The molecule has 2 amide bonds. The Morgan fingerprint density at radius 1 is 1.20 bits per heavy atom. The number of amides is 2. The fourth-order valence-corrected chi connectivity index (χ4v) is 3.23. The maximum Gasteiger partial charge on any atom is 0.254 e. The molecule has 5 heteroatoms. The summed E-state index contributed by atoms with van der Waals surface area (Å²) in [7, 11) is 1.67. The van der Waals surface area contributed by atoms with E-state index in [1.807, 2.05) is 30.3 Å². The van der Waals surface area contributed by atoms with Crippen LogP contribution in [0.1, 0.15) is 28.8 Å². The van der Waals surface area contributed by atoms with Crippen molar-refractivity contribution in [2.24, 2.45) is 0 Å². The molecule has 1 fully saturated rings. The van der Waals surface area contributed by atoms with Crippen LogP contribution in [0, 0.1) is 0 Å². The second kappa shape index (κ2) is 7.49. The standard InChI is InChI=1S/C20H22N2O3/c1-21(19(24)16-8-5-7-15(13-16)14-23)18-11-6-12-22(20(18)25)17-9-3-2-4-10-17/h2-5,7-10,13,18,23H,6,11-12,14H2,1H3. The normalized spacial score (nSPS) is 17.4. The van der Waals surface area contributed by atoms with Gasteiger partial charge in [-0.1, -0.05) is 30.3 Å². The van der Waals surface area contributed by atoms with Crippen molar-refractivity contribution in [3.63, 3.8) is 0 Å². The monoisotopic (exact) mass is 338 g/mol. The summed E-state index contributed by atoms with van der Waals surface area (Å²) in [6, 6.07) is 16.0. The minimum absolute atomic E-state index is 0.0494. The van der Waals surface area contributed by atoms with E-state index in [9.17, 15) is 14.7 Å². The molecule has 130 valence electrons. The summed E-state index contributed by atoms with van der Waals surface area (Å²) in [6.07, 6.45) is 1.50. The zero-order chi connectivity index (χ0) is 17.8. The van der Waals surface area contributed by atoms with Crippen molar-refractivity contribution < 1.29 is 14.7 Å². The number of hydrogen-bond acceptors (Lipinski definition) is 3. The predicted molar refractivity (Wildman–Crippen MR) is 96.3 cm³/mol. The topological polar surface area (TPSA) is 60.9 Å². The summed E-state index contributed by atoms with van der Waals surface area (Å²) in [5, 5.41) is 9.25. The molecule has 5 nitrogen and oxygen atoms in total. The molecule has 1 N–H and O–H groups in total. The Kier molecular flexibility index (Phi) is 5.14. The van der Waals surface area contributed by atoms with Gasteiger partial charge in [-0.3, -0.25) is 9.59 Å². The summed E-state index contributed by atoms with van der Waals surface area (Å²) >= 11 is 0. The zero-order valence-electron chi connectivity index (χ0n) is 14.3. The van der Waals surface area contributed by atoms with Crippen LogP contribution in [0.4, 0.5) is 5.69 Å². The van der Waals surface area contributed by atoms with E-state index < -0.39 is 6.04 Å². The van der Waals surface area contributed by atoms with Crippen LogP contribution in [0.2, 0.25) is 0 Å². The summed E-state index contributed by atoms with van der Waals surface area (Å²) in [5.74, 6) is -0.254. The summed E-state index contributed by atoms with van der Waals surface area (Å²) in [6.45, 7) is 0.552. The molecule has 0 aromatic heterocycles. The molecule has 2 aromatic carbocycles. The summed E-state index contributed by atoms with van der Waals surface area (Å²) in [4.78, 5) is 29.0. The lowest BCUT2D eigenvalue weighted by Crippen LogP contribution is -2.53. The number of carbonyl (C=O) groups is 2. The molecule has 1 saturated heterocycles. The third-order valence-corrected chi connectivity index (χ3v) is 4.62. The Hall–Kier alpha value is -2.66. The van der Waals surface area contributed by atoms with Gasteiger partial charge >= 0.3 is 0 Å². The van der Waals surface area contributed by atoms with Crippen molar-refractivity contribution in [2.75, 3.05) is 18.5 Å². The molecule has 2 aromatic rings. The van der Waals surface area contributed by atoms with E-state index in [-0.39, 0.29) is 18.4 Å². The SMILES string of the molecule is CN(C(=O)c1cccc(CO)c1)C1CCCN(c2ccccc2)C1=O. The van der Waals surface area contributed by atoms with Crippen LogP contribution in [0.15, 0.2) is 54.6 Å². The lowest BCUT2D eigenvalue weighted by Gasteiger charge is -2.36. The van der Waals surface area contributed by atoms with Crippen LogP contribution < -0.4 is 4.90 Å². The molecular formula is C20H22N2O3. The maximum absolute atomic E-state index is 12.9. The first kappa shape index (κ1) is 17.2. The molecule has 1 unspecified atom stereocenters. The second-order valence-corrected chi connectivity index (χ2v) is 6.26. The van der Waals surface area contributed by atoms with Gasteiger partial charge in [0, 0.05) is 24.8 Å². The van der Waals surface area contributed by atoms with E-state index >= 15 is 0 Å². The Morgan fingerprint density at radius 2 is 1.96 bits per heavy atom. The predicted octanol–water partition coefficient (Wildman–Crippen LogP) is 2.45. The number of likely N-dealkylation sites (N-methyl/N-ethyl adjacent to an activating group) is 1. The average molecular weight is 338 g/mol. The lowest BCUT2D eigenvalue weighted by atomic mass is 10.0. The van der Waals surface area contributed by atoms with Gasteiger partial charge in [0.1, 0.15) is 6.04 Å². The van der Waals surface area contributed by atoms with Crippen molar-refractivity contribution in [3.05, 3.63) is 65.7 Å². The molecule has 0 bridgehead atoms. The van der Waals surface area contributed by atoms with Gasteiger partial charge in [-0.15, -0.1) is 0 Å². The smallest absolute Gasteiger partial charge is 0.254 e. The van der Waals surface area contributed by atoms with E-state index in [4.69, 9.17) is 0 Å². The highest BCUT2D eigenvalue weighted by molar-refractivity contribution is 6.02. The quantitative estimate of drug-likeness (QED) is 0.931. The van der Waals surface area contributed by atoms with Gasteiger partial charge in [-0.05, 0) is 42.7 Å². The van der Waals surface area contributed by atoms with Crippen LogP contribution in [0.5, 0.6) is 0 Å². The number of aliphatic hydroxyl groups is 1. The van der Waals surface area contributed by atoms with E-state index in [1.54, 1.807) is 36.2 Å². The third kappa shape index (κ3) is 3.56. The van der Waals surface area contributed by atoms with Gasteiger partial charge in [-0.25, -0.2) is 0 Å². The first-order valence-electron chi connectivity index (χ1n) is 8.45. The highest BCUT2D eigenvalue weighted by Gasteiger charge is 2.34.